The van der Waals surface area contributed by atoms with Crippen LogP contribution >= 0.6 is 23.5 Å². The van der Waals surface area contributed by atoms with Gasteiger partial charge in [0.1, 0.15) is 5.15 Å². The number of halogens is 1. The zero-order valence-electron chi connectivity index (χ0n) is 24.0. The van der Waals surface area contributed by atoms with Gasteiger partial charge in [0, 0.05) is 44.9 Å². The fourth-order valence-corrected chi connectivity index (χ4v) is 6.01. The zero-order valence-corrected chi connectivity index (χ0v) is 25.6. The molecule has 0 radical (unpaired) electrons. The molecule has 13 heteroatoms. The van der Waals surface area contributed by atoms with Gasteiger partial charge in [0.15, 0.2) is 5.69 Å². The van der Waals surface area contributed by atoms with Crippen LogP contribution in [0.15, 0.2) is 29.1 Å². The summed E-state index contributed by atoms with van der Waals surface area (Å²) in [4.78, 5) is 39.4. The van der Waals surface area contributed by atoms with Crippen LogP contribution in [0.3, 0.4) is 0 Å². The van der Waals surface area contributed by atoms with Crippen LogP contribution in [0.1, 0.15) is 64.7 Å². The molecule has 216 valence electrons. The second kappa shape index (κ2) is 11.7. The maximum absolute atomic E-state index is 13.6. The molecule has 1 aliphatic rings. The van der Waals surface area contributed by atoms with Gasteiger partial charge in [-0.05, 0) is 57.4 Å². The lowest BCUT2D eigenvalue weighted by Crippen LogP contribution is -2.38. The van der Waals surface area contributed by atoms with E-state index >= 15 is 0 Å². The Bertz CT molecular complexity index is 1680. The molecular formula is C28H34ClN9O2S. The van der Waals surface area contributed by atoms with Crippen molar-refractivity contribution in [2.75, 3.05) is 29.6 Å². The number of anilines is 2. The van der Waals surface area contributed by atoms with Crippen molar-refractivity contribution in [1.29, 1.82) is 0 Å². The van der Waals surface area contributed by atoms with Crippen LogP contribution in [0.5, 0.6) is 0 Å². The van der Waals surface area contributed by atoms with E-state index in [-0.39, 0.29) is 28.4 Å². The molecule has 0 spiro atoms. The number of carbonyl (C=O) groups is 1. The van der Waals surface area contributed by atoms with E-state index in [1.54, 1.807) is 34.8 Å². The summed E-state index contributed by atoms with van der Waals surface area (Å²) >= 11 is 7.29. The average molecular weight is 596 g/mol. The Morgan fingerprint density at radius 2 is 1.85 bits per heavy atom. The van der Waals surface area contributed by atoms with Crippen molar-refractivity contribution in [2.24, 2.45) is 14.1 Å². The summed E-state index contributed by atoms with van der Waals surface area (Å²) in [6.07, 6.45) is 3.56. The van der Waals surface area contributed by atoms with Gasteiger partial charge in [-0.1, -0.05) is 29.6 Å². The van der Waals surface area contributed by atoms with Gasteiger partial charge >= 0.3 is 0 Å². The lowest BCUT2D eigenvalue weighted by molar-refractivity contribution is 0.0980. The van der Waals surface area contributed by atoms with Gasteiger partial charge in [0.05, 0.1) is 34.0 Å². The van der Waals surface area contributed by atoms with Crippen LogP contribution in [-0.4, -0.2) is 54.8 Å². The quantitative estimate of drug-likeness (QED) is 0.238. The van der Waals surface area contributed by atoms with Gasteiger partial charge in [-0.2, -0.15) is 15.0 Å². The Morgan fingerprint density at radius 3 is 2.51 bits per heavy atom. The number of aromatic nitrogens is 6. The number of hydrogen-bond donors (Lipinski definition) is 2. The number of pyridine rings is 1. The third-order valence-corrected chi connectivity index (χ3v) is 8.12. The normalized spacial score (nSPS) is 14.9. The predicted octanol–water partition coefficient (Wildman–Crippen LogP) is 4.29. The minimum absolute atomic E-state index is 0.0951. The second-order valence-electron chi connectivity index (χ2n) is 10.5. The van der Waals surface area contributed by atoms with Crippen molar-refractivity contribution in [3.05, 3.63) is 68.0 Å². The summed E-state index contributed by atoms with van der Waals surface area (Å²) in [5, 5.41) is 13.2. The van der Waals surface area contributed by atoms with Gasteiger partial charge in [-0.3, -0.25) is 18.9 Å². The van der Waals surface area contributed by atoms with Gasteiger partial charge in [-0.25, -0.2) is 9.97 Å². The lowest BCUT2D eigenvalue weighted by Gasteiger charge is -2.33. The summed E-state index contributed by atoms with van der Waals surface area (Å²) < 4.78 is 4.35. The van der Waals surface area contributed by atoms with Crippen molar-refractivity contribution in [3.63, 3.8) is 0 Å². The van der Waals surface area contributed by atoms with Crippen molar-refractivity contribution in [1.82, 2.24) is 34.3 Å². The van der Waals surface area contributed by atoms with E-state index in [1.807, 2.05) is 40.0 Å². The van der Waals surface area contributed by atoms with Crippen LogP contribution in [0.25, 0.3) is 10.9 Å². The predicted molar refractivity (Wildman–Crippen MR) is 164 cm³/mol. The molecule has 2 N–H and O–H groups in total. The first-order chi connectivity index (χ1) is 19.6. The molecule has 4 heterocycles. The number of benzene rings is 1. The second-order valence-corrected chi connectivity index (χ2v) is 11.5. The number of rotatable bonds is 7. The maximum atomic E-state index is 13.6. The Labute approximate surface area is 247 Å². The number of fused-ring (bicyclic) bond motifs is 1. The number of carbonyl (C=O) groups excluding carboxylic acids is 1. The van der Waals surface area contributed by atoms with E-state index < -0.39 is 0 Å². The monoisotopic (exact) mass is 595 g/mol. The van der Waals surface area contributed by atoms with Gasteiger partial charge < -0.3 is 10.2 Å². The van der Waals surface area contributed by atoms with Crippen molar-refractivity contribution >= 4 is 52.0 Å². The van der Waals surface area contributed by atoms with E-state index in [4.69, 9.17) is 16.6 Å². The fourth-order valence-electron chi connectivity index (χ4n) is 5.58. The maximum Gasteiger partial charge on any atom is 0.281 e. The van der Waals surface area contributed by atoms with E-state index in [1.165, 1.54) is 11.9 Å². The molecule has 5 rings (SSSR count). The minimum atomic E-state index is -0.349. The molecular weight excluding hydrogens is 562 g/mol. The molecule has 4 aromatic rings. The highest BCUT2D eigenvalue weighted by molar-refractivity contribution is 7.97. The number of piperidine rings is 1. The summed E-state index contributed by atoms with van der Waals surface area (Å²) in [6, 6.07) is 7.00. The fraction of sp³-hybridized carbons (Fsp3) is 0.429. The van der Waals surface area contributed by atoms with Gasteiger partial charge in [0.2, 0.25) is 5.95 Å². The highest BCUT2D eigenvalue weighted by Gasteiger charge is 2.28. The van der Waals surface area contributed by atoms with Crippen LogP contribution in [0.2, 0.25) is 5.15 Å². The zero-order chi connectivity index (χ0) is 29.4. The first-order valence-corrected chi connectivity index (χ1v) is 15.1. The third-order valence-electron chi connectivity index (χ3n) is 7.52. The molecule has 1 atom stereocenters. The Balaban J connectivity index is 1.49. The smallest absolute Gasteiger partial charge is 0.281 e. The minimum Gasteiger partial charge on any atom is -0.377 e. The highest BCUT2D eigenvalue weighted by Crippen LogP contribution is 2.32. The van der Waals surface area contributed by atoms with Gasteiger partial charge in [-0.15, -0.1) is 0 Å². The van der Waals surface area contributed by atoms with Crippen LogP contribution < -0.4 is 20.5 Å². The molecule has 1 saturated heterocycles. The molecule has 3 aromatic heterocycles. The Kier molecular flexibility index (Phi) is 8.23. The largest absolute Gasteiger partial charge is 0.377 e. The number of nitrogens with zero attached hydrogens (tertiary/aromatic N) is 7. The van der Waals surface area contributed by atoms with E-state index in [2.05, 4.69) is 30.1 Å². The van der Waals surface area contributed by atoms with Crippen molar-refractivity contribution in [3.8, 4) is 0 Å². The molecule has 1 amide bonds. The van der Waals surface area contributed by atoms with E-state index in [0.717, 1.165) is 48.4 Å². The molecule has 0 saturated carbocycles. The molecule has 1 unspecified atom stereocenters. The van der Waals surface area contributed by atoms with Crippen LogP contribution in [0.4, 0.5) is 11.6 Å². The molecule has 1 fully saturated rings. The SMILES string of the molecule is CSNC(=O)c1nc(Cl)ccc1NC(C)c1cc(C)cc2c(=O)n(C)c(N3CCC(c4nn(C)nc4C)CC3)nc12. The number of amides is 1. The summed E-state index contributed by atoms with van der Waals surface area (Å²) in [5.41, 5.74) is 5.09. The van der Waals surface area contributed by atoms with Gasteiger partial charge in [0.25, 0.3) is 11.5 Å². The first kappa shape index (κ1) is 28.9. The third kappa shape index (κ3) is 5.76. The number of hydrogen-bond acceptors (Lipinski definition) is 9. The van der Waals surface area contributed by atoms with E-state index in [9.17, 15) is 9.59 Å². The molecule has 41 heavy (non-hydrogen) atoms. The summed E-state index contributed by atoms with van der Waals surface area (Å²) in [5.74, 6) is 0.617. The molecule has 1 aromatic carbocycles. The molecule has 0 aliphatic carbocycles. The molecule has 11 nitrogen and oxygen atoms in total. The van der Waals surface area contributed by atoms with Crippen molar-refractivity contribution in [2.45, 2.75) is 45.6 Å². The molecule has 0 bridgehead atoms. The number of nitrogens with one attached hydrogen (secondary N) is 2. The Morgan fingerprint density at radius 1 is 1.12 bits per heavy atom. The average Bonchev–Trinajstić information content (AvgIpc) is 3.29. The first-order valence-electron chi connectivity index (χ1n) is 13.5. The van der Waals surface area contributed by atoms with Crippen molar-refractivity contribution < 1.29 is 4.79 Å². The summed E-state index contributed by atoms with van der Waals surface area (Å²) in [7, 11) is 3.63. The Hall–Kier alpha value is -3.64. The summed E-state index contributed by atoms with van der Waals surface area (Å²) in [6.45, 7) is 7.45. The van der Waals surface area contributed by atoms with E-state index in [0.29, 0.717) is 28.5 Å². The highest BCUT2D eigenvalue weighted by atomic mass is 35.5. The van der Waals surface area contributed by atoms with Crippen LogP contribution in [-0.2, 0) is 14.1 Å². The molecule has 1 aliphatic heterocycles. The van der Waals surface area contributed by atoms with Crippen LogP contribution in [0, 0.1) is 13.8 Å². The topological polar surface area (TPSA) is 123 Å². The number of aryl methyl sites for hydroxylation is 3. The standard InChI is InChI=1S/C28H34ClN9O2S/c1-15-13-19(16(2)30-21-7-8-22(29)31-25(21)26(39)35-41-6)24-20(14-15)27(40)36(4)28(32-24)38-11-9-18(10-12-38)23-17(3)33-37(5)34-23/h7-8,13-14,16,18,30H,9-12H2,1-6H3,(H,35,39). The lowest BCUT2D eigenvalue weighted by atomic mass is 9.92.